The molecule has 97 valence electrons. The maximum Gasteiger partial charge on any atom is 0.310 e. The third-order valence-corrected chi connectivity index (χ3v) is 3.03. The Labute approximate surface area is 94.3 Å². The Morgan fingerprint density at radius 1 is 1.12 bits per heavy atom. The van der Waals surface area contributed by atoms with Crippen LogP contribution in [0.1, 0.15) is 12.0 Å². The molecule has 0 aromatic heterocycles. The summed E-state index contributed by atoms with van der Waals surface area (Å²) in [5.74, 6) is -0.665. The summed E-state index contributed by atoms with van der Waals surface area (Å²) < 4.78 is 61.5. The molecule has 0 saturated heterocycles. The van der Waals surface area contributed by atoms with Crippen molar-refractivity contribution >= 4 is 16.1 Å². The molecule has 0 unspecified atom stereocenters. The van der Waals surface area contributed by atoms with Crippen molar-refractivity contribution in [1.82, 2.24) is 0 Å². The standard InChI is InChI=1S/C9H9F5NOS/c10-17(11,12,13,14)8-4-1-7(2-5-8)3-6-9(15)16/h1-5H,6H2,(H2,15,16). The molecule has 17 heavy (non-hydrogen) atoms. The number of benzene rings is 1. The number of halogens is 5. The highest BCUT2D eigenvalue weighted by Crippen LogP contribution is 3.02. The van der Waals surface area contributed by atoms with Crippen molar-refractivity contribution in [3.8, 4) is 0 Å². The van der Waals surface area contributed by atoms with Crippen LogP contribution in [0.15, 0.2) is 29.2 Å². The van der Waals surface area contributed by atoms with Gasteiger partial charge in [-0.15, -0.1) is 0 Å². The molecule has 2 N–H and O–H groups in total. The molecule has 8 heteroatoms. The molecule has 0 spiro atoms. The number of hydrogen-bond acceptors (Lipinski definition) is 1. The maximum absolute atomic E-state index is 12.3. The molecule has 0 aliphatic carbocycles. The molecule has 0 aliphatic rings. The fourth-order valence-electron chi connectivity index (χ4n) is 1.08. The molecule has 1 aromatic carbocycles. The molecule has 0 atom stereocenters. The fraction of sp³-hybridized carbons (Fsp3) is 0.111. The minimum absolute atomic E-state index is 0.171. The molecule has 0 fully saturated rings. The summed E-state index contributed by atoms with van der Waals surface area (Å²) in [5, 5.41) is 0. The summed E-state index contributed by atoms with van der Waals surface area (Å²) in [4.78, 5) is 8.44. The van der Waals surface area contributed by atoms with Crippen LogP contribution in [0, 0.1) is 6.42 Å². The molecular weight excluding hydrogens is 265 g/mol. The molecule has 1 radical (unpaired) electrons. The lowest BCUT2D eigenvalue weighted by atomic mass is 10.1. The highest BCUT2D eigenvalue weighted by atomic mass is 32.5. The Morgan fingerprint density at radius 2 is 1.59 bits per heavy atom. The Kier molecular flexibility index (Phi) is 2.71. The van der Waals surface area contributed by atoms with Crippen LogP contribution >= 0.6 is 10.2 Å². The summed E-state index contributed by atoms with van der Waals surface area (Å²) >= 11 is 0. The number of rotatable bonds is 4. The molecule has 1 aromatic rings. The second-order valence-corrected chi connectivity index (χ2v) is 5.82. The average Bonchev–Trinajstić information content (AvgIpc) is 2.12. The van der Waals surface area contributed by atoms with Crippen LogP contribution in [-0.4, -0.2) is 5.91 Å². The van der Waals surface area contributed by atoms with E-state index in [1.165, 1.54) is 6.42 Å². The lowest BCUT2D eigenvalue weighted by Crippen LogP contribution is -2.10. The molecule has 0 heterocycles. The van der Waals surface area contributed by atoms with Gasteiger partial charge in [0.15, 0.2) is 0 Å². The van der Waals surface area contributed by atoms with Crippen LogP contribution in [0.5, 0.6) is 0 Å². The Balaban J connectivity index is 2.94. The fourth-order valence-corrected chi connectivity index (χ4v) is 1.73. The van der Waals surface area contributed by atoms with Gasteiger partial charge >= 0.3 is 10.2 Å². The van der Waals surface area contributed by atoms with Crippen molar-refractivity contribution in [2.24, 2.45) is 5.73 Å². The van der Waals surface area contributed by atoms with Gasteiger partial charge in [0.05, 0.1) is 0 Å². The predicted molar refractivity (Wildman–Crippen MR) is 55.1 cm³/mol. The van der Waals surface area contributed by atoms with Crippen LogP contribution in [-0.2, 0) is 4.79 Å². The molecular formula is C9H9F5NOS. The zero-order valence-electron chi connectivity index (χ0n) is 8.38. The predicted octanol–water partition coefficient (Wildman–Crippen LogP) is 3.77. The Morgan fingerprint density at radius 3 is 1.94 bits per heavy atom. The van der Waals surface area contributed by atoms with Crippen LogP contribution in [0.25, 0.3) is 0 Å². The lowest BCUT2D eigenvalue weighted by Gasteiger charge is -2.40. The summed E-state index contributed by atoms with van der Waals surface area (Å²) in [6, 6.07) is 2.29. The summed E-state index contributed by atoms with van der Waals surface area (Å²) in [5.41, 5.74) is 5.03. The number of carbonyl (C=O) groups is 1. The van der Waals surface area contributed by atoms with E-state index in [2.05, 4.69) is 0 Å². The van der Waals surface area contributed by atoms with Gasteiger partial charge in [0.1, 0.15) is 4.90 Å². The van der Waals surface area contributed by atoms with Gasteiger partial charge in [0, 0.05) is 6.42 Å². The number of amides is 1. The number of carbonyl (C=O) groups excluding carboxylic acids is 1. The Hall–Kier alpha value is -1.31. The minimum atomic E-state index is -9.61. The molecule has 2 nitrogen and oxygen atoms in total. The highest BCUT2D eigenvalue weighted by Gasteiger charge is 2.65. The second kappa shape index (κ2) is 3.34. The van der Waals surface area contributed by atoms with Gasteiger partial charge < -0.3 is 5.73 Å². The zero-order chi connectivity index (χ0) is 13.4. The maximum atomic E-state index is 12.3. The smallest absolute Gasteiger partial charge is 0.310 e. The zero-order valence-corrected chi connectivity index (χ0v) is 9.19. The van der Waals surface area contributed by atoms with E-state index >= 15 is 0 Å². The van der Waals surface area contributed by atoms with E-state index in [0.717, 1.165) is 12.1 Å². The van der Waals surface area contributed by atoms with E-state index in [9.17, 15) is 24.2 Å². The van der Waals surface area contributed by atoms with Crippen LogP contribution in [0.3, 0.4) is 0 Å². The van der Waals surface area contributed by atoms with Crippen molar-refractivity contribution in [3.63, 3.8) is 0 Å². The van der Waals surface area contributed by atoms with Gasteiger partial charge in [-0.1, -0.05) is 31.6 Å². The van der Waals surface area contributed by atoms with Gasteiger partial charge in [-0.3, -0.25) is 4.79 Å². The summed E-state index contributed by atoms with van der Waals surface area (Å²) in [6.45, 7) is 0. The van der Waals surface area contributed by atoms with Crippen molar-refractivity contribution in [2.75, 3.05) is 0 Å². The largest absolute Gasteiger partial charge is 0.370 e. The molecule has 0 saturated carbocycles. The number of primary amides is 1. The van der Waals surface area contributed by atoms with Crippen molar-refractivity contribution in [2.45, 2.75) is 11.3 Å². The van der Waals surface area contributed by atoms with Crippen molar-refractivity contribution in [3.05, 3.63) is 36.2 Å². The second-order valence-electron chi connectivity index (χ2n) is 3.41. The Bertz CT molecular complexity index is 438. The van der Waals surface area contributed by atoms with Crippen LogP contribution in [0.4, 0.5) is 19.4 Å². The molecule has 1 rings (SSSR count). The normalized spacial score (nSPS) is 16.1. The SMILES string of the molecule is NC(=O)C[CH]c1ccc(S(F)(F)(F)(F)F)cc1. The van der Waals surface area contributed by atoms with Crippen molar-refractivity contribution < 1.29 is 24.2 Å². The van der Waals surface area contributed by atoms with E-state index < -0.39 is 21.0 Å². The molecule has 0 aliphatic heterocycles. The van der Waals surface area contributed by atoms with Gasteiger partial charge in [-0.2, -0.15) is 0 Å². The molecule has 1 amide bonds. The first kappa shape index (κ1) is 13.8. The van der Waals surface area contributed by atoms with Crippen LogP contribution < -0.4 is 5.73 Å². The van der Waals surface area contributed by atoms with E-state index in [-0.39, 0.29) is 24.1 Å². The van der Waals surface area contributed by atoms with E-state index in [0.29, 0.717) is 0 Å². The summed E-state index contributed by atoms with van der Waals surface area (Å²) in [6.07, 6.45) is 1.08. The average molecular weight is 274 g/mol. The first-order chi connectivity index (χ1) is 7.38. The van der Waals surface area contributed by atoms with Gasteiger partial charge in [-0.25, -0.2) is 0 Å². The minimum Gasteiger partial charge on any atom is -0.370 e. The van der Waals surface area contributed by atoms with E-state index in [1.54, 1.807) is 0 Å². The van der Waals surface area contributed by atoms with E-state index in [1.807, 2.05) is 0 Å². The first-order valence-corrected chi connectivity index (χ1v) is 6.29. The molecule has 0 bridgehead atoms. The third-order valence-electron chi connectivity index (χ3n) is 1.86. The lowest BCUT2D eigenvalue weighted by molar-refractivity contribution is -0.117. The quantitative estimate of drug-likeness (QED) is 0.834. The topological polar surface area (TPSA) is 43.1 Å². The first-order valence-electron chi connectivity index (χ1n) is 4.34. The highest BCUT2D eigenvalue weighted by molar-refractivity contribution is 8.45. The number of nitrogens with two attached hydrogens (primary N) is 1. The number of hydrogen-bond donors (Lipinski definition) is 1. The van der Waals surface area contributed by atoms with E-state index in [4.69, 9.17) is 5.73 Å². The van der Waals surface area contributed by atoms with Gasteiger partial charge in [-0.05, 0) is 24.1 Å². The third kappa shape index (κ3) is 4.22. The monoisotopic (exact) mass is 274 g/mol. The summed E-state index contributed by atoms with van der Waals surface area (Å²) in [7, 11) is -9.61. The van der Waals surface area contributed by atoms with Gasteiger partial charge in [0.25, 0.3) is 0 Å². The van der Waals surface area contributed by atoms with Crippen molar-refractivity contribution in [1.29, 1.82) is 0 Å². The van der Waals surface area contributed by atoms with Crippen LogP contribution in [0.2, 0.25) is 0 Å². The van der Waals surface area contributed by atoms with Gasteiger partial charge in [0.2, 0.25) is 5.91 Å².